The molecule has 3 heterocycles. The zero-order valence-corrected chi connectivity index (χ0v) is 19.8. The van der Waals surface area contributed by atoms with Crippen LogP contribution in [0.4, 0.5) is 4.79 Å². The predicted octanol–water partition coefficient (Wildman–Crippen LogP) is 3.31. The molecule has 0 bridgehead atoms. The van der Waals surface area contributed by atoms with E-state index >= 15 is 0 Å². The zero-order valence-electron chi connectivity index (χ0n) is 19.0. The highest BCUT2D eigenvalue weighted by Gasteiger charge is 2.32. The summed E-state index contributed by atoms with van der Waals surface area (Å²) in [5.74, 6) is 1.47. The highest BCUT2D eigenvalue weighted by molar-refractivity contribution is 7.10. The number of nitrogens with one attached hydrogen (secondary N) is 2. The van der Waals surface area contributed by atoms with Crippen LogP contribution in [0.15, 0.2) is 22.5 Å². The van der Waals surface area contributed by atoms with Crippen molar-refractivity contribution >= 4 is 23.4 Å². The smallest absolute Gasteiger partial charge is 0.407 e. The van der Waals surface area contributed by atoms with E-state index in [-0.39, 0.29) is 12.1 Å². The molecule has 0 aromatic carbocycles. The maximum absolute atomic E-state index is 12.1. The van der Waals surface area contributed by atoms with Gasteiger partial charge in [-0.25, -0.2) is 4.79 Å². The van der Waals surface area contributed by atoms with Crippen LogP contribution in [0.2, 0.25) is 0 Å². The summed E-state index contributed by atoms with van der Waals surface area (Å²) in [6.07, 6.45) is 3.00. The first kappa shape index (κ1) is 22.9. The molecule has 2 aliphatic rings. The van der Waals surface area contributed by atoms with Crippen molar-refractivity contribution in [3.8, 4) is 0 Å². The Morgan fingerprint density at radius 2 is 2.13 bits per heavy atom. The van der Waals surface area contributed by atoms with E-state index in [0.29, 0.717) is 12.0 Å². The third kappa shape index (κ3) is 6.11. The van der Waals surface area contributed by atoms with E-state index in [1.54, 1.807) is 0 Å². The van der Waals surface area contributed by atoms with Gasteiger partial charge in [-0.1, -0.05) is 6.07 Å². The van der Waals surface area contributed by atoms with Crippen LogP contribution in [0.25, 0.3) is 0 Å². The van der Waals surface area contributed by atoms with E-state index in [1.165, 1.54) is 17.7 Å². The molecule has 2 saturated heterocycles. The third-order valence-electron chi connectivity index (χ3n) is 5.78. The van der Waals surface area contributed by atoms with Crippen LogP contribution in [-0.4, -0.2) is 73.8 Å². The number of rotatable bonds is 4. The average molecular weight is 436 g/mol. The number of hydrogen-bond donors (Lipinski definition) is 2. The van der Waals surface area contributed by atoms with E-state index < -0.39 is 5.60 Å². The van der Waals surface area contributed by atoms with Crippen molar-refractivity contribution in [1.82, 2.24) is 20.4 Å². The van der Waals surface area contributed by atoms with Crippen LogP contribution in [0.1, 0.15) is 51.0 Å². The van der Waals surface area contributed by atoms with Gasteiger partial charge in [0, 0.05) is 37.6 Å². The number of aliphatic imine (C=N–C) groups is 1. The van der Waals surface area contributed by atoms with E-state index in [9.17, 15) is 4.79 Å². The Labute approximate surface area is 184 Å². The number of guanidine groups is 1. The van der Waals surface area contributed by atoms with Crippen molar-refractivity contribution in [2.45, 2.75) is 57.7 Å². The lowest BCUT2D eigenvalue weighted by Crippen LogP contribution is -2.47. The van der Waals surface area contributed by atoms with Crippen molar-refractivity contribution < 1.29 is 9.53 Å². The molecule has 1 amide bonds. The molecule has 3 unspecified atom stereocenters. The fraction of sp³-hybridized carbons (Fsp3) is 0.727. The Morgan fingerprint density at radius 1 is 1.33 bits per heavy atom. The molecule has 2 N–H and O–H groups in total. The van der Waals surface area contributed by atoms with Gasteiger partial charge in [-0.15, -0.1) is 11.3 Å². The third-order valence-corrected chi connectivity index (χ3v) is 6.73. The maximum Gasteiger partial charge on any atom is 0.407 e. The SMILES string of the molecule is CN=C(NCC1CCCN(C)C1c1cccs1)N1CCC(NC(=O)OC(C)(C)C)C1. The number of thiophene rings is 1. The van der Waals surface area contributed by atoms with Gasteiger partial charge in [0.05, 0.1) is 6.04 Å². The zero-order chi connectivity index (χ0) is 21.7. The van der Waals surface area contributed by atoms with Crippen molar-refractivity contribution in [2.75, 3.05) is 40.3 Å². The minimum atomic E-state index is -0.480. The van der Waals surface area contributed by atoms with Crippen molar-refractivity contribution in [3.05, 3.63) is 22.4 Å². The number of alkyl carbamates (subject to hydrolysis) is 1. The molecule has 2 fully saturated rings. The summed E-state index contributed by atoms with van der Waals surface area (Å²) in [6, 6.07) is 4.95. The fourth-order valence-electron chi connectivity index (χ4n) is 4.48. The van der Waals surface area contributed by atoms with Crippen molar-refractivity contribution in [3.63, 3.8) is 0 Å². The van der Waals surface area contributed by atoms with Gasteiger partial charge in [0.2, 0.25) is 0 Å². The summed E-state index contributed by atoms with van der Waals surface area (Å²) in [6.45, 7) is 9.32. The lowest BCUT2D eigenvalue weighted by atomic mass is 9.88. The van der Waals surface area contributed by atoms with E-state index in [1.807, 2.05) is 39.2 Å². The van der Waals surface area contributed by atoms with Crippen LogP contribution >= 0.6 is 11.3 Å². The summed E-state index contributed by atoms with van der Waals surface area (Å²) in [7, 11) is 4.07. The van der Waals surface area contributed by atoms with E-state index in [2.05, 4.69) is 50.0 Å². The molecule has 168 valence electrons. The van der Waals surface area contributed by atoms with Crippen LogP contribution in [-0.2, 0) is 4.74 Å². The lowest BCUT2D eigenvalue weighted by molar-refractivity contribution is 0.0507. The van der Waals surface area contributed by atoms with Gasteiger partial charge in [0.25, 0.3) is 0 Å². The van der Waals surface area contributed by atoms with Gasteiger partial charge < -0.3 is 20.3 Å². The van der Waals surface area contributed by atoms with Crippen LogP contribution in [0.5, 0.6) is 0 Å². The number of nitrogens with zero attached hydrogens (tertiary/aromatic N) is 3. The number of carbonyl (C=O) groups excluding carboxylic acids is 1. The van der Waals surface area contributed by atoms with Gasteiger partial charge in [0.1, 0.15) is 5.60 Å². The molecular weight excluding hydrogens is 398 g/mol. The summed E-state index contributed by atoms with van der Waals surface area (Å²) in [5.41, 5.74) is -0.480. The van der Waals surface area contributed by atoms with Gasteiger partial charge in [-0.2, -0.15) is 0 Å². The van der Waals surface area contributed by atoms with Crippen molar-refractivity contribution in [2.24, 2.45) is 10.9 Å². The second-order valence-corrected chi connectivity index (χ2v) is 10.3. The van der Waals surface area contributed by atoms with Crippen LogP contribution in [0, 0.1) is 5.92 Å². The average Bonchev–Trinajstić information content (AvgIpc) is 3.33. The first-order valence-electron chi connectivity index (χ1n) is 11.0. The Hall–Kier alpha value is -1.80. The lowest BCUT2D eigenvalue weighted by Gasteiger charge is -2.39. The molecule has 30 heavy (non-hydrogen) atoms. The monoisotopic (exact) mass is 435 g/mol. The first-order valence-corrected chi connectivity index (χ1v) is 11.8. The molecule has 8 heteroatoms. The van der Waals surface area contributed by atoms with Gasteiger partial charge >= 0.3 is 6.09 Å². The number of piperidine rings is 1. The fourth-order valence-corrected chi connectivity index (χ4v) is 5.47. The quantitative estimate of drug-likeness (QED) is 0.561. The van der Waals surface area contributed by atoms with Crippen LogP contribution < -0.4 is 10.6 Å². The second kappa shape index (κ2) is 10.0. The van der Waals surface area contributed by atoms with Crippen LogP contribution in [0.3, 0.4) is 0 Å². The molecule has 0 spiro atoms. The first-order chi connectivity index (χ1) is 14.3. The molecule has 7 nitrogen and oxygen atoms in total. The molecule has 0 saturated carbocycles. The summed E-state index contributed by atoms with van der Waals surface area (Å²) in [4.78, 5) is 22.7. The molecular formula is C22H37N5O2S. The Balaban J connectivity index is 1.53. The second-order valence-electron chi connectivity index (χ2n) is 9.35. The molecule has 1 aromatic heterocycles. The summed E-state index contributed by atoms with van der Waals surface area (Å²) < 4.78 is 5.39. The topological polar surface area (TPSA) is 69.2 Å². The molecule has 2 aliphatic heterocycles. The predicted molar refractivity (Wildman–Crippen MR) is 123 cm³/mol. The van der Waals surface area contributed by atoms with Gasteiger partial charge in [0.15, 0.2) is 5.96 Å². The number of ether oxygens (including phenoxy) is 1. The molecule has 3 rings (SSSR count). The number of likely N-dealkylation sites (tertiary alicyclic amines) is 2. The molecule has 1 aromatic rings. The summed E-state index contributed by atoms with van der Waals surface area (Å²) in [5, 5.41) is 8.78. The molecule has 0 radical (unpaired) electrons. The van der Waals surface area contributed by atoms with Gasteiger partial charge in [-0.05, 0) is 71.0 Å². The van der Waals surface area contributed by atoms with Crippen molar-refractivity contribution in [1.29, 1.82) is 0 Å². The van der Waals surface area contributed by atoms with E-state index in [4.69, 9.17) is 4.74 Å². The minimum Gasteiger partial charge on any atom is -0.444 e. The molecule has 3 atom stereocenters. The molecule has 0 aliphatic carbocycles. The highest BCUT2D eigenvalue weighted by atomic mass is 32.1. The maximum atomic E-state index is 12.1. The number of amides is 1. The number of hydrogen-bond acceptors (Lipinski definition) is 5. The van der Waals surface area contributed by atoms with Gasteiger partial charge in [-0.3, -0.25) is 9.89 Å². The standard InChI is InChI=1S/C22H37N5O2S/c1-22(2,3)29-21(28)25-17-10-12-27(15-17)20(23-4)24-14-16-8-6-11-26(5)19(16)18-9-7-13-30-18/h7,9,13,16-17,19H,6,8,10-12,14-15H2,1-5H3,(H,23,24)(H,25,28). The Kier molecular flexibility index (Phi) is 7.63. The Morgan fingerprint density at radius 3 is 2.80 bits per heavy atom. The Bertz CT molecular complexity index is 716. The minimum absolute atomic E-state index is 0.0816. The highest BCUT2D eigenvalue weighted by Crippen LogP contribution is 2.36. The normalized spacial score (nSPS) is 26.0. The van der Waals surface area contributed by atoms with E-state index in [0.717, 1.165) is 38.6 Å². The number of carbonyl (C=O) groups is 1. The summed E-state index contributed by atoms with van der Waals surface area (Å²) >= 11 is 1.85. The largest absolute Gasteiger partial charge is 0.444 e.